The maximum absolute atomic E-state index is 12.5. The standard InChI is InChI=1S/C12H18N2O4S2/c1-11-3-5-12(6-4-11)20(16,17)13-19(2,15)14-7-9-18-10-8-14/h3-6H,7-10H2,1-2H3. The van der Waals surface area contributed by atoms with E-state index in [1.165, 1.54) is 18.4 Å². The van der Waals surface area contributed by atoms with Crippen LogP contribution in [0.5, 0.6) is 0 Å². The van der Waals surface area contributed by atoms with Gasteiger partial charge in [0, 0.05) is 19.3 Å². The molecule has 0 aliphatic carbocycles. The Kier molecular flexibility index (Phi) is 4.48. The van der Waals surface area contributed by atoms with E-state index >= 15 is 0 Å². The highest BCUT2D eigenvalue weighted by Crippen LogP contribution is 2.17. The monoisotopic (exact) mass is 318 g/mol. The van der Waals surface area contributed by atoms with Gasteiger partial charge in [0.25, 0.3) is 10.0 Å². The van der Waals surface area contributed by atoms with Crippen LogP contribution >= 0.6 is 0 Å². The van der Waals surface area contributed by atoms with Crippen molar-refractivity contribution in [1.82, 2.24) is 4.31 Å². The Bertz CT molecular complexity index is 683. The molecule has 2 rings (SSSR count). The Labute approximate surface area is 120 Å². The molecule has 0 spiro atoms. The molecule has 1 atom stereocenters. The second kappa shape index (κ2) is 5.80. The number of benzene rings is 1. The van der Waals surface area contributed by atoms with Gasteiger partial charge in [-0.15, -0.1) is 0 Å². The van der Waals surface area contributed by atoms with Crippen LogP contribution in [0.25, 0.3) is 0 Å². The van der Waals surface area contributed by atoms with Gasteiger partial charge < -0.3 is 4.74 Å². The van der Waals surface area contributed by atoms with E-state index in [-0.39, 0.29) is 4.90 Å². The molecule has 8 heteroatoms. The first-order valence-corrected chi connectivity index (χ1v) is 9.51. The van der Waals surface area contributed by atoms with Crippen molar-refractivity contribution in [2.45, 2.75) is 11.8 Å². The normalized spacial score (nSPS) is 20.3. The Morgan fingerprint density at radius 2 is 1.65 bits per heavy atom. The maximum Gasteiger partial charge on any atom is 0.291 e. The van der Waals surface area contributed by atoms with Gasteiger partial charge in [-0.2, -0.15) is 8.42 Å². The lowest BCUT2D eigenvalue weighted by Crippen LogP contribution is -2.40. The second-order valence-electron chi connectivity index (χ2n) is 4.67. The van der Waals surface area contributed by atoms with E-state index in [1.54, 1.807) is 16.4 Å². The van der Waals surface area contributed by atoms with Gasteiger partial charge in [-0.25, -0.2) is 8.51 Å². The number of ether oxygens (including phenoxy) is 1. The molecule has 1 aliphatic heterocycles. The predicted molar refractivity (Wildman–Crippen MR) is 77.3 cm³/mol. The summed E-state index contributed by atoms with van der Waals surface area (Å²) >= 11 is 0. The smallest absolute Gasteiger partial charge is 0.291 e. The van der Waals surface area contributed by atoms with E-state index in [0.717, 1.165) is 5.56 Å². The number of morpholine rings is 1. The summed E-state index contributed by atoms with van der Waals surface area (Å²) in [6, 6.07) is 6.33. The van der Waals surface area contributed by atoms with Crippen molar-refractivity contribution in [2.75, 3.05) is 32.6 Å². The molecular formula is C12H18N2O4S2. The van der Waals surface area contributed by atoms with E-state index in [2.05, 4.69) is 3.77 Å². The molecule has 0 saturated carbocycles. The van der Waals surface area contributed by atoms with Crippen LogP contribution in [0.3, 0.4) is 0 Å². The Morgan fingerprint density at radius 1 is 1.10 bits per heavy atom. The average Bonchev–Trinajstić information content (AvgIpc) is 2.39. The first kappa shape index (κ1) is 15.4. The summed E-state index contributed by atoms with van der Waals surface area (Å²) in [4.78, 5) is 0.0611. The number of sulfonamides is 1. The third-order valence-electron chi connectivity index (χ3n) is 3.00. The molecule has 1 saturated heterocycles. The molecule has 0 N–H and O–H groups in total. The van der Waals surface area contributed by atoms with Crippen molar-refractivity contribution >= 4 is 19.9 Å². The third kappa shape index (κ3) is 3.57. The number of hydrogen-bond donors (Lipinski definition) is 0. The quantitative estimate of drug-likeness (QED) is 0.834. The third-order valence-corrected chi connectivity index (χ3v) is 7.09. The van der Waals surface area contributed by atoms with E-state index in [4.69, 9.17) is 4.74 Å². The summed E-state index contributed by atoms with van der Waals surface area (Å²) in [5.41, 5.74) is 0.953. The van der Waals surface area contributed by atoms with Crippen molar-refractivity contribution in [3.63, 3.8) is 0 Å². The van der Waals surface area contributed by atoms with Crippen molar-refractivity contribution in [3.05, 3.63) is 29.8 Å². The molecular weight excluding hydrogens is 300 g/mol. The van der Waals surface area contributed by atoms with Gasteiger partial charge >= 0.3 is 0 Å². The second-order valence-corrected chi connectivity index (χ2v) is 8.73. The Balaban J connectivity index is 2.36. The summed E-state index contributed by atoms with van der Waals surface area (Å²) in [5, 5.41) is 0. The van der Waals surface area contributed by atoms with Crippen molar-refractivity contribution in [1.29, 1.82) is 0 Å². The minimum Gasteiger partial charge on any atom is -0.379 e. The summed E-state index contributed by atoms with van der Waals surface area (Å²) in [7, 11) is -6.88. The minimum atomic E-state index is -3.92. The molecule has 0 radical (unpaired) electrons. The van der Waals surface area contributed by atoms with E-state index in [9.17, 15) is 12.6 Å². The van der Waals surface area contributed by atoms with E-state index in [0.29, 0.717) is 26.3 Å². The largest absolute Gasteiger partial charge is 0.379 e. The molecule has 1 aromatic carbocycles. The SMILES string of the molecule is Cc1ccc(S(=O)(=O)N=S(C)(=O)N2CCOCC2)cc1. The van der Waals surface area contributed by atoms with Crippen LogP contribution in [-0.2, 0) is 24.7 Å². The zero-order valence-corrected chi connectivity index (χ0v) is 13.1. The lowest BCUT2D eigenvalue weighted by molar-refractivity contribution is 0.0748. The molecule has 6 nitrogen and oxygen atoms in total. The minimum absolute atomic E-state index is 0.0611. The number of nitrogens with zero attached hydrogens (tertiary/aromatic N) is 2. The molecule has 0 aromatic heterocycles. The van der Waals surface area contributed by atoms with Gasteiger partial charge in [0.05, 0.1) is 18.1 Å². The summed E-state index contributed by atoms with van der Waals surface area (Å²) in [6.45, 7) is 3.57. The van der Waals surface area contributed by atoms with Crippen LogP contribution in [0.2, 0.25) is 0 Å². The van der Waals surface area contributed by atoms with Crippen molar-refractivity contribution in [2.24, 2.45) is 3.77 Å². The van der Waals surface area contributed by atoms with Crippen molar-refractivity contribution in [3.8, 4) is 0 Å². The zero-order valence-electron chi connectivity index (χ0n) is 11.5. The van der Waals surface area contributed by atoms with Gasteiger partial charge in [0.2, 0.25) is 0 Å². The fraction of sp³-hybridized carbons (Fsp3) is 0.500. The fourth-order valence-electron chi connectivity index (χ4n) is 1.87. The topological polar surface area (TPSA) is 76.0 Å². The zero-order chi connectivity index (χ0) is 14.8. The molecule has 112 valence electrons. The first-order valence-electron chi connectivity index (χ1n) is 6.19. The number of aryl methyl sites for hydroxylation is 1. The molecule has 1 unspecified atom stereocenters. The Hall–Kier alpha value is -0.960. The molecule has 20 heavy (non-hydrogen) atoms. The summed E-state index contributed by atoms with van der Waals surface area (Å²) in [6.07, 6.45) is 1.35. The van der Waals surface area contributed by atoms with Crippen LogP contribution in [0, 0.1) is 6.92 Å². The lowest BCUT2D eigenvalue weighted by atomic mass is 10.2. The average molecular weight is 318 g/mol. The Morgan fingerprint density at radius 3 is 2.20 bits per heavy atom. The maximum atomic E-state index is 12.5. The number of rotatable bonds is 3. The number of hydrogen-bond acceptors (Lipinski definition) is 4. The van der Waals surface area contributed by atoms with Gasteiger partial charge in [0.15, 0.2) is 0 Å². The van der Waals surface area contributed by atoms with E-state index < -0.39 is 19.9 Å². The van der Waals surface area contributed by atoms with E-state index in [1.807, 2.05) is 6.92 Å². The molecule has 1 aliphatic rings. The molecule has 1 heterocycles. The molecule has 1 aromatic rings. The van der Waals surface area contributed by atoms with Crippen molar-refractivity contribution < 1.29 is 17.4 Å². The summed E-state index contributed by atoms with van der Waals surface area (Å²) < 4.78 is 47.3. The lowest BCUT2D eigenvalue weighted by Gasteiger charge is -2.26. The van der Waals surface area contributed by atoms with Gasteiger partial charge in [-0.3, -0.25) is 0 Å². The van der Waals surface area contributed by atoms with Gasteiger partial charge in [-0.05, 0) is 19.1 Å². The highest BCUT2D eigenvalue weighted by Gasteiger charge is 2.23. The first-order chi connectivity index (χ1) is 9.31. The highest BCUT2D eigenvalue weighted by atomic mass is 32.3. The highest BCUT2D eigenvalue weighted by molar-refractivity contribution is 8.01. The summed E-state index contributed by atoms with van der Waals surface area (Å²) in [5.74, 6) is 0. The van der Waals surface area contributed by atoms with Crippen LogP contribution < -0.4 is 0 Å². The van der Waals surface area contributed by atoms with Crippen LogP contribution in [0.15, 0.2) is 32.9 Å². The fourth-order valence-corrected chi connectivity index (χ4v) is 5.35. The van der Waals surface area contributed by atoms with Gasteiger partial charge in [-0.1, -0.05) is 21.5 Å². The van der Waals surface area contributed by atoms with Crippen LogP contribution in [-0.4, -0.2) is 49.5 Å². The van der Waals surface area contributed by atoms with Crippen LogP contribution in [0.1, 0.15) is 5.56 Å². The van der Waals surface area contributed by atoms with Crippen LogP contribution in [0.4, 0.5) is 0 Å². The molecule has 1 fully saturated rings. The van der Waals surface area contributed by atoms with Gasteiger partial charge in [0.1, 0.15) is 9.92 Å². The molecule has 0 amide bonds. The molecule has 0 bridgehead atoms. The predicted octanol–water partition coefficient (Wildman–Crippen LogP) is 1.03.